The molecule has 0 atom stereocenters. The fourth-order valence-electron chi connectivity index (χ4n) is 3.34. The highest BCUT2D eigenvalue weighted by Crippen LogP contribution is 2.45. The second kappa shape index (κ2) is 13.4. The average molecular weight is 658 g/mol. The van der Waals surface area contributed by atoms with Gasteiger partial charge in [0, 0.05) is 25.7 Å². The van der Waals surface area contributed by atoms with E-state index >= 15 is 0 Å². The summed E-state index contributed by atoms with van der Waals surface area (Å²) in [5.41, 5.74) is -7.57. The van der Waals surface area contributed by atoms with Crippen molar-refractivity contribution in [3.05, 3.63) is 0 Å². The second-order valence-corrected chi connectivity index (χ2v) is 9.52. The van der Waals surface area contributed by atoms with E-state index in [9.17, 15) is 83.2 Å². The van der Waals surface area contributed by atoms with Gasteiger partial charge in [0.1, 0.15) is 0 Å². The number of hydrogen-bond donors (Lipinski definition) is 0. The molecule has 0 unspecified atom stereocenters. The van der Waals surface area contributed by atoms with E-state index in [-0.39, 0.29) is 0 Å². The summed E-state index contributed by atoms with van der Waals surface area (Å²) in [6.07, 6.45) is -55.8. The zero-order valence-electron chi connectivity index (χ0n) is 19.5. The Balaban J connectivity index is 6.59. The largest absolute Gasteiger partial charge is 0.391 e. The van der Waals surface area contributed by atoms with Crippen molar-refractivity contribution >= 4 is 11.4 Å². The summed E-state index contributed by atoms with van der Waals surface area (Å²) < 4.78 is 252. The molecule has 0 spiro atoms. The quantitative estimate of drug-likeness (QED) is 0.175. The van der Waals surface area contributed by atoms with Crippen LogP contribution >= 0.6 is 0 Å². The number of rotatable bonds is 14. The molecule has 0 aromatic heterocycles. The zero-order chi connectivity index (χ0) is 32.1. The Kier molecular flexibility index (Phi) is 13.0. The Hall–Kier alpha value is -1.19. The van der Waals surface area contributed by atoms with Crippen molar-refractivity contribution in [1.82, 2.24) is 0 Å². The minimum absolute atomic E-state index is 2.04. The van der Waals surface area contributed by atoms with Crippen molar-refractivity contribution in [2.24, 2.45) is 0 Å². The fraction of sp³-hybridized carbons (Fsp3) is 1.00. The molecule has 0 heterocycles. The Morgan fingerprint density at radius 1 is 0.350 bits per heavy atom. The maximum absolute atomic E-state index is 13.1. The van der Waals surface area contributed by atoms with Crippen LogP contribution in [-0.2, 0) is 19.7 Å². The van der Waals surface area contributed by atoms with Crippen LogP contribution in [-0.4, -0.2) is 52.5 Å². The number of hydrogen-bond acceptors (Lipinski definition) is 3. The van der Waals surface area contributed by atoms with Gasteiger partial charge in [-0.05, 0) is 25.7 Å². The fourth-order valence-corrected chi connectivity index (χ4v) is 4.41. The van der Waals surface area contributed by atoms with Gasteiger partial charge in [0.15, 0.2) is 0 Å². The molecule has 0 bridgehead atoms. The summed E-state index contributed by atoms with van der Waals surface area (Å²) in [7, 11) is 0. The first-order chi connectivity index (χ1) is 17.3. The van der Waals surface area contributed by atoms with E-state index in [0.717, 1.165) is 0 Å². The Labute approximate surface area is 216 Å². The van der Waals surface area contributed by atoms with Gasteiger partial charge in [0.25, 0.3) is 0 Å². The number of alkyl halides is 18. The molecule has 0 rings (SSSR count). The van der Waals surface area contributed by atoms with Gasteiger partial charge in [-0.25, -0.2) is 0 Å². The first-order valence-corrected chi connectivity index (χ1v) is 11.6. The van der Waals surface area contributed by atoms with Crippen molar-refractivity contribution in [2.75, 3.05) is 0 Å². The molecule has 0 amide bonds. The van der Waals surface area contributed by atoms with Crippen molar-refractivity contribution < 1.29 is 91.6 Å². The van der Waals surface area contributed by atoms with E-state index in [0.29, 0.717) is 0 Å². The third kappa shape index (κ3) is 19.8. The second-order valence-electron chi connectivity index (χ2n) is 8.78. The molecule has 40 heavy (non-hydrogen) atoms. The van der Waals surface area contributed by atoms with Crippen LogP contribution in [0.15, 0.2) is 0 Å². The predicted octanol–water partition coefficient (Wildman–Crippen LogP) is 9.35. The molecule has 0 aromatic carbocycles. The SMILES string of the molecule is O=S(OC(CCC(F)(F)F)(CCC(F)(F)F)CC(F)(F)F)OC(CCC(F)(F)F)(CCC(F)(F)F)CC(F)(F)F. The lowest BCUT2D eigenvalue weighted by Crippen LogP contribution is -2.44. The molecule has 0 fully saturated rings. The Morgan fingerprint density at radius 2 is 0.550 bits per heavy atom. The molecule has 22 heteroatoms. The summed E-state index contributed by atoms with van der Waals surface area (Å²) in [5, 5.41) is 0. The molecule has 0 radical (unpaired) electrons. The topological polar surface area (TPSA) is 35.5 Å². The molecule has 0 saturated carbocycles. The smallest absolute Gasteiger partial charge is 0.261 e. The molecule has 0 aromatic rings. The monoisotopic (exact) mass is 658 g/mol. The summed E-state index contributed by atoms with van der Waals surface area (Å²) in [4.78, 5) is 0. The molecule has 0 N–H and O–H groups in total. The van der Waals surface area contributed by atoms with Crippen molar-refractivity contribution in [1.29, 1.82) is 0 Å². The van der Waals surface area contributed by atoms with Crippen LogP contribution in [0.4, 0.5) is 79.0 Å². The molecule has 0 aliphatic carbocycles. The first-order valence-electron chi connectivity index (χ1n) is 10.6. The van der Waals surface area contributed by atoms with Gasteiger partial charge in [-0.3, -0.25) is 8.37 Å². The molecule has 242 valence electrons. The summed E-state index contributed by atoms with van der Waals surface area (Å²) in [6.45, 7) is 0. The lowest BCUT2D eigenvalue weighted by atomic mass is 9.88. The summed E-state index contributed by atoms with van der Waals surface area (Å²) in [5.74, 6) is 0. The van der Waals surface area contributed by atoms with Crippen LogP contribution in [0.2, 0.25) is 0 Å². The maximum atomic E-state index is 13.1. The maximum Gasteiger partial charge on any atom is 0.391 e. The number of halogens is 18. The Bertz CT molecular complexity index is 691. The van der Waals surface area contributed by atoms with Gasteiger partial charge in [0.2, 0.25) is 0 Å². The molecular formula is C18H20F18O3S. The van der Waals surface area contributed by atoms with Crippen LogP contribution in [0.3, 0.4) is 0 Å². The minimum atomic E-state index is -5.67. The first kappa shape index (κ1) is 38.8. The van der Waals surface area contributed by atoms with Crippen LogP contribution in [0, 0.1) is 0 Å². The average Bonchev–Trinajstić information content (AvgIpc) is 2.63. The van der Waals surface area contributed by atoms with Crippen LogP contribution < -0.4 is 0 Å². The third-order valence-corrected chi connectivity index (χ3v) is 5.97. The van der Waals surface area contributed by atoms with E-state index < -0.39 is 124 Å². The van der Waals surface area contributed by atoms with Crippen molar-refractivity contribution in [3.8, 4) is 0 Å². The molecule has 0 aliphatic heterocycles. The van der Waals surface area contributed by atoms with Gasteiger partial charge in [-0.15, -0.1) is 0 Å². The van der Waals surface area contributed by atoms with E-state index in [1.807, 2.05) is 0 Å². The molecule has 0 aliphatic rings. The van der Waals surface area contributed by atoms with Crippen LogP contribution in [0.5, 0.6) is 0 Å². The van der Waals surface area contributed by atoms with E-state index in [1.165, 1.54) is 0 Å². The normalized spacial score (nSPS) is 15.3. The predicted molar refractivity (Wildman–Crippen MR) is 98.3 cm³/mol. The van der Waals surface area contributed by atoms with Crippen LogP contribution in [0.25, 0.3) is 0 Å². The molecular weight excluding hydrogens is 638 g/mol. The van der Waals surface area contributed by atoms with Crippen molar-refractivity contribution in [2.45, 2.75) is 112 Å². The minimum Gasteiger partial charge on any atom is -0.261 e. The summed E-state index contributed by atoms with van der Waals surface area (Å²) in [6, 6.07) is 0. The highest BCUT2D eigenvalue weighted by molar-refractivity contribution is 7.75. The van der Waals surface area contributed by atoms with Gasteiger partial charge in [-0.2, -0.15) is 83.2 Å². The highest BCUT2D eigenvalue weighted by atomic mass is 32.2. The molecule has 3 nitrogen and oxygen atoms in total. The third-order valence-electron chi connectivity index (χ3n) is 4.99. The van der Waals surface area contributed by atoms with Gasteiger partial charge >= 0.3 is 48.4 Å². The molecule has 0 saturated heterocycles. The van der Waals surface area contributed by atoms with Crippen LogP contribution in [0.1, 0.15) is 64.2 Å². The Morgan fingerprint density at radius 3 is 0.700 bits per heavy atom. The zero-order valence-corrected chi connectivity index (χ0v) is 20.3. The van der Waals surface area contributed by atoms with Gasteiger partial charge < -0.3 is 0 Å². The van der Waals surface area contributed by atoms with Gasteiger partial charge in [0.05, 0.1) is 24.0 Å². The summed E-state index contributed by atoms with van der Waals surface area (Å²) >= 11 is -4.31. The van der Waals surface area contributed by atoms with E-state index in [2.05, 4.69) is 8.37 Å². The van der Waals surface area contributed by atoms with Crippen molar-refractivity contribution in [3.63, 3.8) is 0 Å². The van der Waals surface area contributed by atoms with E-state index in [1.54, 1.807) is 0 Å². The lowest BCUT2D eigenvalue weighted by molar-refractivity contribution is -0.203. The highest BCUT2D eigenvalue weighted by Gasteiger charge is 2.52. The van der Waals surface area contributed by atoms with Gasteiger partial charge in [-0.1, -0.05) is 0 Å². The lowest BCUT2D eigenvalue weighted by Gasteiger charge is -2.37. The van der Waals surface area contributed by atoms with E-state index in [4.69, 9.17) is 0 Å². The standard InChI is InChI=1S/C18H20F18O3S/c19-13(20,21)5-1-11(9-17(31,32)33,2-6-14(22,23)24)38-40(37)39-12(10-18(34,35)36,3-7-15(25,26)27)4-8-16(28,29)30/h1-10H2.